The van der Waals surface area contributed by atoms with E-state index in [1.165, 1.54) is 6.92 Å². The van der Waals surface area contributed by atoms with Crippen molar-refractivity contribution >= 4 is 29.5 Å². The van der Waals surface area contributed by atoms with Crippen LogP contribution >= 0.6 is 0 Å². The van der Waals surface area contributed by atoms with Gasteiger partial charge in [0.25, 0.3) is 5.91 Å². The van der Waals surface area contributed by atoms with Crippen LogP contribution in [-0.2, 0) is 20.9 Å². The van der Waals surface area contributed by atoms with Crippen molar-refractivity contribution in [3.63, 3.8) is 0 Å². The summed E-state index contributed by atoms with van der Waals surface area (Å²) >= 11 is 0. The maximum Gasteiger partial charge on any atom is 0.338 e. The lowest BCUT2D eigenvalue weighted by atomic mass is 9.97. The van der Waals surface area contributed by atoms with Gasteiger partial charge in [-0.1, -0.05) is 44.2 Å². The number of hydrogen-bond acceptors (Lipinski definition) is 5. The first-order valence-corrected chi connectivity index (χ1v) is 10.6. The zero-order valence-corrected chi connectivity index (χ0v) is 18.4. The van der Waals surface area contributed by atoms with Crippen LogP contribution in [0.3, 0.4) is 0 Å². The zero-order chi connectivity index (χ0) is 23.3. The molecular weight excluding hydrogens is 410 g/mol. The Morgan fingerprint density at radius 1 is 1.09 bits per heavy atom. The number of benzene rings is 2. The van der Waals surface area contributed by atoms with Crippen LogP contribution in [0.1, 0.15) is 54.6 Å². The first kappa shape index (κ1) is 23.0. The molecular formula is C24H27N3O5. The Morgan fingerprint density at radius 2 is 1.78 bits per heavy atom. The molecule has 0 spiro atoms. The Hall–Kier alpha value is -3.68. The van der Waals surface area contributed by atoms with Crippen LogP contribution in [0, 0.1) is 0 Å². The number of hydrogen-bond donors (Lipinski definition) is 2. The minimum atomic E-state index is -0.988. The SMILES string of the molecule is CCC(C)c1ccccc1NC(=O)C(C)OC(=O)c1ccc(CN2C(=O)CNC2=O)cc1. The summed E-state index contributed by atoms with van der Waals surface area (Å²) in [4.78, 5) is 49.5. The second kappa shape index (κ2) is 10.1. The van der Waals surface area contributed by atoms with Crippen molar-refractivity contribution in [1.29, 1.82) is 0 Å². The van der Waals surface area contributed by atoms with Gasteiger partial charge in [0, 0.05) is 5.69 Å². The van der Waals surface area contributed by atoms with Gasteiger partial charge in [0.1, 0.15) is 0 Å². The number of ether oxygens (including phenoxy) is 1. The zero-order valence-electron chi connectivity index (χ0n) is 18.4. The molecule has 0 radical (unpaired) electrons. The minimum absolute atomic E-state index is 0.00890. The van der Waals surface area contributed by atoms with E-state index in [0.717, 1.165) is 16.9 Å². The molecule has 4 amide bonds. The number of nitrogens with one attached hydrogen (secondary N) is 2. The molecule has 1 aliphatic rings. The van der Waals surface area contributed by atoms with E-state index in [9.17, 15) is 19.2 Å². The van der Waals surface area contributed by atoms with Crippen LogP contribution in [0.4, 0.5) is 10.5 Å². The molecule has 1 fully saturated rings. The number of carbonyl (C=O) groups excluding carboxylic acids is 4. The fraction of sp³-hybridized carbons (Fsp3) is 0.333. The third-order valence-electron chi connectivity index (χ3n) is 5.48. The minimum Gasteiger partial charge on any atom is -0.449 e. The Kier molecular flexibility index (Phi) is 7.25. The Morgan fingerprint density at radius 3 is 2.41 bits per heavy atom. The molecule has 0 aliphatic carbocycles. The second-order valence-electron chi connectivity index (χ2n) is 7.77. The number of carbonyl (C=O) groups is 4. The van der Waals surface area contributed by atoms with E-state index >= 15 is 0 Å². The topological polar surface area (TPSA) is 105 Å². The van der Waals surface area contributed by atoms with Gasteiger partial charge in [-0.15, -0.1) is 0 Å². The number of amides is 4. The molecule has 1 saturated heterocycles. The van der Waals surface area contributed by atoms with Crippen LogP contribution in [0.15, 0.2) is 48.5 Å². The summed E-state index contributed by atoms with van der Waals surface area (Å²) in [5.41, 5.74) is 2.70. The lowest BCUT2D eigenvalue weighted by Crippen LogP contribution is -2.30. The quantitative estimate of drug-likeness (QED) is 0.486. The number of imide groups is 1. The highest BCUT2D eigenvalue weighted by Crippen LogP contribution is 2.26. The van der Waals surface area contributed by atoms with Crippen molar-refractivity contribution in [2.24, 2.45) is 0 Å². The van der Waals surface area contributed by atoms with Gasteiger partial charge < -0.3 is 15.4 Å². The standard InChI is InChI=1S/C24H27N3O5/c1-4-15(2)19-7-5-6-8-20(19)26-22(29)16(3)32-23(30)18-11-9-17(10-12-18)14-27-21(28)13-25-24(27)31/h5-12,15-16H,4,13-14H2,1-3H3,(H,25,31)(H,26,29). The summed E-state index contributed by atoms with van der Waals surface area (Å²) in [6.07, 6.45) is -0.0534. The predicted octanol–water partition coefficient (Wildman–Crippen LogP) is 3.44. The maximum absolute atomic E-state index is 12.6. The number of nitrogens with zero attached hydrogens (tertiary/aromatic N) is 1. The molecule has 0 bridgehead atoms. The lowest BCUT2D eigenvalue weighted by molar-refractivity contribution is -0.125. The third kappa shape index (κ3) is 5.32. The highest BCUT2D eigenvalue weighted by atomic mass is 16.5. The summed E-state index contributed by atoms with van der Waals surface area (Å²) in [5, 5.41) is 5.31. The third-order valence-corrected chi connectivity index (χ3v) is 5.48. The van der Waals surface area contributed by atoms with Crippen LogP contribution in [-0.4, -0.2) is 41.4 Å². The van der Waals surface area contributed by atoms with E-state index < -0.39 is 24.0 Å². The summed E-state index contributed by atoms with van der Waals surface area (Å²) in [5.74, 6) is -1.06. The van der Waals surface area contributed by atoms with Crippen molar-refractivity contribution in [3.05, 3.63) is 65.2 Å². The highest BCUT2D eigenvalue weighted by Gasteiger charge is 2.28. The Balaban J connectivity index is 1.59. The van der Waals surface area contributed by atoms with E-state index in [2.05, 4.69) is 24.5 Å². The van der Waals surface area contributed by atoms with Crippen molar-refractivity contribution < 1.29 is 23.9 Å². The van der Waals surface area contributed by atoms with E-state index in [4.69, 9.17) is 4.74 Å². The summed E-state index contributed by atoms with van der Waals surface area (Å²) in [7, 11) is 0. The van der Waals surface area contributed by atoms with Crippen LogP contribution in [0.2, 0.25) is 0 Å². The van der Waals surface area contributed by atoms with E-state index in [-0.39, 0.29) is 30.5 Å². The number of urea groups is 1. The number of anilines is 1. The van der Waals surface area contributed by atoms with E-state index in [0.29, 0.717) is 11.3 Å². The van der Waals surface area contributed by atoms with Crippen molar-refractivity contribution in [1.82, 2.24) is 10.2 Å². The van der Waals surface area contributed by atoms with Gasteiger partial charge >= 0.3 is 12.0 Å². The molecule has 32 heavy (non-hydrogen) atoms. The molecule has 2 aromatic rings. The fourth-order valence-corrected chi connectivity index (χ4v) is 3.32. The average Bonchev–Trinajstić information content (AvgIpc) is 3.11. The number of rotatable bonds is 8. The van der Waals surface area contributed by atoms with Crippen LogP contribution in [0.25, 0.3) is 0 Å². The molecule has 8 heteroatoms. The number of para-hydroxylation sites is 1. The highest BCUT2D eigenvalue weighted by molar-refractivity contribution is 6.02. The average molecular weight is 437 g/mol. The molecule has 3 rings (SSSR count). The van der Waals surface area contributed by atoms with Crippen LogP contribution < -0.4 is 10.6 Å². The first-order chi connectivity index (χ1) is 15.3. The summed E-state index contributed by atoms with van der Waals surface area (Å²) in [6, 6.07) is 13.5. The van der Waals surface area contributed by atoms with Crippen molar-refractivity contribution in [2.45, 2.75) is 45.8 Å². The second-order valence-corrected chi connectivity index (χ2v) is 7.77. The van der Waals surface area contributed by atoms with E-state index in [1.54, 1.807) is 24.3 Å². The molecule has 2 unspecified atom stereocenters. The Labute approximate surface area is 186 Å². The lowest BCUT2D eigenvalue weighted by Gasteiger charge is -2.18. The van der Waals surface area contributed by atoms with Gasteiger partial charge in [0.05, 0.1) is 18.7 Å². The van der Waals surface area contributed by atoms with Gasteiger partial charge in [-0.05, 0) is 48.6 Å². The molecule has 1 heterocycles. The smallest absolute Gasteiger partial charge is 0.338 e. The first-order valence-electron chi connectivity index (χ1n) is 10.6. The van der Waals surface area contributed by atoms with Gasteiger partial charge in [-0.25, -0.2) is 9.59 Å². The monoisotopic (exact) mass is 437 g/mol. The van der Waals surface area contributed by atoms with Gasteiger partial charge in [-0.3, -0.25) is 14.5 Å². The summed E-state index contributed by atoms with van der Waals surface area (Å²) < 4.78 is 5.32. The molecule has 2 aromatic carbocycles. The molecule has 1 aliphatic heterocycles. The molecule has 0 aromatic heterocycles. The summed E-state index contributed by atoms with van der Waals surface area (Å²) in [6.45, 7) is 5.80. The largest absolute Gasteiger partial charge is 0.449 e. The molecule has 8 nitrogen and oxygen atoms in total. The van der Waals surface area contributed by atoms with E-state index in [1.807, 2.05) is 24.3 Å². The predicted molar refractivity (Wildman–Crippen MR) is 119 cm³/mol. The fourth-order valence-electron chi connectivity index (χ4n) is 3.32. The molecule has 168 valence electrons. The van der Waals surface area contributed by atoms with Gasteiger partial charge in [0.2, 0.25) is 5.91 Å². The van der Waals surface area contributed by atoms with Crippen molar-refractivity contribution in [2.75, 3.05) is 11.9 Å². The van der Waals surface area contributed by atoms with Gasteiger partial charge in [0.15, 0.2) is 6.10 Å². The number of esters is 1. The van der Waals surface area contributed by atoms with Crippen LogP contribution in [0.5, 0.6) is 0 Å². The Bertz CT molecular complexity index is 1000. The maximum atomic E-state index is 12.6. The normalized spacial score (nSPS) is 15.2. The van der Waals surface area contributed by atoms with Crippen molar-refractivity contribution in [3.8, 4) is 0 Å². The molecule has 2 atom stereocenters. The molecule has 2 N–H and O–H groups in total. The molecule has 0 saturated carbocycles. The van der Waals surface area contributed by atoms with Gasteiger partial charge in [-0.2, -0.15) is 0 Å².